The number of benzene rings is 2. The minimum Gasteiger partial charge on any atom is -0.410 e. The van der Waals surface area contributed by atoms with E-state index in [-0.39, 0.29) is 11.5 Å². The Morgan fingerprint density at radius 2 is 1.89 bits per heavy atom. The largest absolute Gasteiger partial charge is 0.412 e. The first-order chi connectivity index (χ1) is 13.5. The fourth-order valence-corrected chi connectivity index (χ4v) is 3.34. The number of halogens is 1. The third-order valence-corrected chi connectivity index (χ3v) is 4.85. The molecule has 0 fully saturated rings. The number of nitrogens with one attached hydrogen (secondary N) is 1. The molecule has 0 aliphatic heterocycles. The van der Waals surface area contributed by atoms with Crippen molar-refractivity contribution in [3.05, 3.63) is 41.2 Å². The van der Waals surface area contributed by atoms with Crippen molar-refractivity contribution in [2.75, 3.05) is 6.54 Å². The van der Waals surface area contributed by atoms with Crippen LogP contribution in [0.25, 0.3) is 10.8 Å². The molecule has 2 aromatic carbocycles. The molecule has 3 nitrogen and oxygen atoms in total. The average Bonchev–Trinajstić information content (AvgIpc) is 2.66. The van der Waals surface area contributed by atoms with Crippen LogP contribution in [0.3, 0.4) is 0 Å². The summed E-state index contributed by atoms with van der Waals surface area (Å²) in [6.45, 7) is 6.80. The third-order valence-electron chi connectivity index (χ3n) is 4.85. The summed E-state index contributed by atoms with van der Waals surface area (Å²) in [7, 11) is 0. The second-order valence-corrected chi connectivity index (χ2v) is 7.42. The highest BCUT2D eigenvalue weighted by Crippen LogP contribution is 2.33. The molecule has 0 spiro atoms. The molecule has 0 radical (unpaired) electrons. The molecule has 1 amide bonds. The molecule has 0 heterocycles. The summed E-state index contributed by atoms with van der Waals surface area (Å²) in [5, 5.41) is 4.27. The van der Waals surface area contributed by atoms with Crippen LogP contribution in [-0.2, 0) is 0 Å². The summed E-state index contributed by atoms with van der Waals surface area (Å²) < 4.78 is 19.6. The van der Waals surface area contributed by atoms with Crippen molar-refractivity contribution >= 4 is 16.9 Å². The van der Waals surface area contributed by atoms with Gasteiger partial charge in [0.25, 0.3) is 0 Å². The van der Waals surface area contributed by atoms with Crippen LogP contribution in [-0.4, -0.2) is 12.6 Å². The van der Waals surface area contributed by atoms with E-state index in [2.05, 4.69) is 18.2 Å². The van der Waals surface area contributed by atoms with Crippen LogP contribution in [0.1, 0.15) is 76.3 Å². The van der Waals surface area contributed by atoms with E-state index in [9.17, 15) is 9.18 Å². The number of ether oxygens (including phenoxy) is 1. The number of hydrogen-bond acceptors (Lipinski definition) is 2. The van der Waals surface area contributed by atoms with Gasteiger partial charge < -0.3 is 10.1 Å². The molecular weight excluding hydrogens is 353 g/mol. The van der Waals surface area contributed by atoms with Gasteiger partial charge in [-0.2, -0.15) is 0 Å². The lowest BCUT2D eigenvalue weighted by Crippen LogP contribution is -2.27. The number of carbonyl (C=O) groups is 1. The van der Waals surface area contributed by atoms with Crippen LogP contribution in [0, 0.1) is 18.2 Å². The molecule has 0 unspecified atom stereocenters. The molecular formula is C24H30FNO2. The number of rotatable bonds is 9. The lowest BCUT2D eigenvalue weighted by atomic mass is 9.92. The van der Waals surface area contributed by atoms with E-state index >= 15 is 0 Å². The molecule has 28 heavy (non-hydrogen) atoms. The van der Waals surface area contributed by atoms with Gasteiger partial charge in [-0.1, -0.05) is 64.9 Å². The van der Waals surface area contributed by atoms with Crippen molar-refractivity contribution in [2.45, 2.75) is 65.2 Å². The summed E-state index contributed by atoms with van der Waals surface area (Å²) in [5.41, 5.74) is 1.11. The first-order valence-electron chi connectivity index (χ1n) is 10.2. The van der Waals surface area contributed by atoms with Gasteiger partial charge in [-0.05, 0) is 41.5 Å². The number of fused-ring (bicyclic) bond motifs is 1. The smallest absolute Gasteiger partial charge is 0.410 e. The van der Waals surface area contributed by atoms with Crippen molar-refractivity contribution < 1.29 is 13.9 Å². The highest BCUT2D eigenvalue weighted by atomic mass is 19.1. The topological polar surface area (TPSA) is 38.3 Å². The second kappa shape index (κ2) is 10.7. The van der Waals surface area contributed by atoms with Crippen LogP contribution in [0.5, 0.6) is 5.75 Å². The van der Waals surface area contributed by atoms with Gasteiger partial charge in [-0.25, -0.2) is 9.18 Å². The number of carbonyl (C=O) groups excluding carboxylic acids is 1. The first kappa shape index (κ1) is 21.8. The summed E-state index contributed by atoms with van der Waals surface area (Å²) in [5.74, 6) is 2.58. The molecule has 0 saturated carbocycles. The molecule has 2 rings (SSSR count). The molecule has 0 bridgehead atoms. The molecule has 2 aromatic rings. The van der Waals surface area contributed by atoms with E-state index in [1.807, 2.05) is 13.8 Å². The maximum absolute atomic E-state index is 14.1. The SMILES string of the molecule is C#Cc1c(F)ccc2cc(OC(=O)NCCCCCCCC)cc(C(C)C)c12. The van der Waals surface area contributed by atoms with Crippen molar-refractivity contribution in [3.8, 4) is 18.1 Å². The van der Waals surface area contributed by atoms with Gasteiger partial charge in [0.05, 0.1) is 5.56 Å². The Bertz CT molecular complexity index is 852. The first-order valence-corrected chi connectivity index (χ1v) is 10.2. The Morgan fingerprint density at radius 3 is 2.57 bits per heavy atom. The summed E-state index contributed by atoms with van der Waals surface area (Å²) >= 11 is 0. The lowest BCUT2D eigenvalue weighted by Gasteiger charge is -2.15. The normalized spacial score (nSPS) is 10.9. The third kappa shape index (κ3) is 5.73. The monoisotopic (exact) mass is 383 g/mol. The zero-order valence-corrected chi connectivity index (χ0v) is 17.1. The van der Waals surface area contributed by atoms with Crippen LogP contribution >= 0.6 is 0 Å². The van der Waals surface area contributed by atoms with Crippen LogP contribution in [0.4, 0.5) is 9.18 Å². The zero-order chi connectivity index (χ0) is 20.5. The Kier molecular flexibility index (Phi) is 8.32. The highest BCUT2D eigenvalue weighted by molar-refractivity contribution is 5.93. The van der Waals surface area contributed by atoms with Gasteiger partial charge in [0.15, 0.2) is 0 Å². The number of unbranched alkanes of at least 4 members (excludes halogenated alkanes) is 5. The van der Waals surface area contributed by atoms with Crippen molar-refractivity contribution in [1.29, 1.82) is 0 Å². The maximum atomic E-state index is 14.1. The summed E-state index contributed by atoms with van der Waals surface area (Å²) in [6.07, 6.45) is 12.0. The van der Waals surface area contributed by atoms with E-state index in [0.717, 1.165) is 23.8 Å². The number of terminal acetylenes is 1. The Labute approximate surface area is 167 Å². The molecule has 0 aliphatic rings. The Hall–Kier alpha value is -2.54. The van der Waals surface area contributed by atoms with Crippen LogP contribution in [0.2, 0.25) is 0 Å². The predicted molar refractivity (Wildman–Crippen MR) is 113 cm³/mol. The molecule has 150 valence electrons. The van der Waals surface area contributed by atoms with Crippen molar-refractivity contribution in [2.24, 2.45) is 0 Å². The Balaban J connectivity index is 2.06. The zero-order valence-electron chi connectivity index (χ0n) is 17.1. The second-order valence-electron chi connectivity index (χ2n) is 7.42. The van der Waals surface area contributed by atoms with E-state index in [0.29, 0.717) is 17.7 Å². The van der Waals surface area contributed by atoms with Crippen molar-refractivity contribution in [3.63, 3.8) is 0 Å². The van der Waals surface area contributed by atoms with Gasteiger partial charge in [-0.15, -0.1) is 6.42 Å². The van der Waals surface area contributed by atoms with E-state index < -0.39 is 11.9 Å². The number of amides is 1. The van der Waals surface area contributed by atoms with Crippen molar-refractivity contribution in [1.82, 2.24) is 5.32 Å². The molecule has 0 aromatic heterocycles. The van der Waals surface area contributed by atoms with Gasteiger partial charge in [0.2, 0.25) is 0 Å². The lowest BCUT2D eigenvalue weighted by molar-refractivity contribution is 0.200. The fraction of sp³-hybridized carbons (Fsp3) is 0.458. The highest BCUT2D eigenvalue weighted by Gasteiger charge is 2.15. The summed E-state index contributed by atoms with van der Waals surface area (Å²) in [6, 6.07) is 6.52. The molecule has 0 aliphatic carbocycles. The van der Waals surface area contributed by atoms with Gasteiger partial charge >= 0.3 is 6.09 Å². The van der Waals surface area contributed by atoms with Gasteiger partial charge in [0, 0.05) is 11.9 Å². The molecule has 0 saturated heterocycles. The van der Waals surface area contributed by atoms with E-state index in [1.54, 1.807) is 18.2 Å². The predicted octanol–water partition coefficient (Wildman–Crippen LogP) is 6.53. The summed E-state index contributed by atoms with van der Waals surface area (Å²) in [4.78, 5) is 12.1. The fourth-order valence-electron chi connectivity index (χ4n) is 3.34. The average molecular weight is 384 g/mol. The maximum Gasteiger partial charge on any atom is 0.412 e. The van der Waals surface area contributed by atoms with E-state index in [4.69, 9.17) is 11.2 Å². The minimum absolute atomic E-state index is 0.103. The molecule has 1 N–H and O–H groups in total. The minimum atomic E-state index is -0.470. The number of hydrogen-bond donors (Lipinski definition) is 1. The van der Waals surface area contributed by atoms with E-state index in [1.165, 1.54) is 31.7 Å². The van der Waals surface area contributed by atoms with Crippen LogP contribution < -0.4 is 10.1 Å². The molecule has 4 heteroatoms. The standard InChI is InChI=1S/C24H30FNO2/c1-5-7-8-9-10-11-14-26-24(27)28-19-15-18-12-13-22(25)20(6-2)23(18)21(16-19)17(3)4/h2,12-13,15-17H,5,7-11,14H2,1,3-4H3,(H,26,27). The molecule has 0 atom stereocenters. The van der Waals surface area contributed by atoms with Crippen LogP contribution in [0.15, 0.2) is 24.3 Å². The van der Waals surface area contributed by atoms with Gasteiger partial charge in [0.1, 0.15) is 11.6 Å². The quantitative estimate of drug-likeness (QED) is 0.395. The van der Waals surface area contributed by atoms with Gasteiger partial charge in [-0.3, -0.25) is 0 Å². The Morgan fingerprint density at radius 1 is 1.18 bits per heavy atom.